The van der Waals surface area contributed by atoms with Gasteiger partial charge in [0.05, 0.1) is 12.6 Å². The Hall–Kier alpha value is -2.68. The van der Waals surface area contributed by atoms with E-state index in [2.05, 4.69) is 0 Å². The first-order valence-electron chi connectivity index (χ1n) is 8.94. The van der Waals surface area contributed by atoms with Crippen LogP contribution in [0.25, 0.3) is 17.1 Å². The van der Waals surface area contributed by atoms with Crippen molar-refractivity contribution in [3.8, 4) is 17.1 Å². The molecule has 6 nitrogen and oxygen atoms in total. The third-order valence-electron chi connectivity index (χ3n) is 5.03. The van der Waals surface area contributed by atoms with E-state index in [0.29, 0.717) is 22.8 Å². The van der Waals surface area contributed by atoms with Gasteiger partial charge in [-0.15, -0.1) is 0 Å². The van der Waals surface area contributed by atoms with Gasteiger partial charge in [-0.1, -0.05) is 30.3 Å². The number of nitrogens with zero attached hydrogens (tertiary/aromatic N) is 3. The molecular weight excluding hydrogens is 381 g/mol. The summed E-state index contributed by atoms with van der Waals surface area (Å²) in [6, 6.07) is 15.3. The maximum Gasteiger partial charge on any atom is 0.218 e. The van der Waals surface area contributed by atoms with Gasteiger partial charge in [-0.25, -0.2) is 9.07 Å². The molecule has 2 aliphatic rings. The lowest BCUT2D eigenvalue weighted by Gasteiger charge is -2.26. The molecule has 0 spiro atoms. The van der Waals surface area contributed by atoms with Crippen molar-refractivity contribution in [2.24, 2.45) is 0 Å². The third kappa shape index (κ3) is 2.81. The quantitative estimate of drug-likeness (QED) is 0.634. The molecule has 0 saturated carbocycles. The van der Waals surface area contributed by atoms with Crippen LogP contribution in [0.1, 0.15) is 12.5 Å². The number of rotatable bonds is 3. The lowest BCUT2D eigenvalue weighted by atomic mass is 10.0. The van der Waals surface area contributed by atoms with Crippen LogP contribution in [-0.4, -0.2) is 39.1 Å². The van der Waals surface area contributed by atoms with E-state index in [0.717, 1.165) is 5.69 Å². The highest BCUT2D eigenvalue weighted by Gasteiger charge is 2.45. The highest BCUT2D eigenvalue weighted by atomic mass is 32.1. The number of halogens is 1. The Morgan fingerprint density at radius 2 is 1.96 bits per heavy atom. The van der Waals surface area contributed by atoms with Gasteiger partial charge in [0.1, 0.15) is 11.9 Å². The molecule has 2 fully saturated rings. The molecule has 0 aliphatic carbocycles. The zero-order chi connectivity index (χ0) is 19.3. The van der Waals surface area contributed by atoms with Crippen molar-refractivity contribution in [2.45, 2.75) is 24.9 Å². The van der Waals surface area contributed by atoms with Crippen molar-refractivity contribution in [1.82, 2.24) is 14.3 Å². The van der Waals surface area contributed by atoms with E-state index >= 15 is 0 Å². The van der Waals surface area contributed by atoms with Gasteiger partial charge in [-0.2, -0.15) is 5.10 Å². The van der Waals surface area contributed by atoms with Crippen LogP contribution in [0, 0.1) is 10.6 Å². The number of hydrogen-bond donors (Lipinski definition) is 0. The van der Waals surface area contributed by atoms with Gasteiger partial charge in [-0.05, 0) is 36.5 Å². The maximum atomic E-state index is 13.9. The Kier molecular flexibility index (Phi) is 4.19. The van der Waals surface area contributed by atoms with Crippen molar-refractivity contribution in [3.05, 3.63) is 65.2 Å². The van der Waals surface area contributed by atoms with E-state index in [9.17, 15) is 9.18 Å². The zero-order valence-corrected chi connectivity index (χ0v) is 15.5. The van der Waals surface area contributed by atoms with Crippen LogP contribution in [-0.2, 0) is 14.3 Å². The fourth-order valence-electron chi connectivity index (χ4n) is 3.69. The molecule has 2 aliphatic heterocycles. The first kappa shape index (κ1) is 17.4. The van der Waals surface area contributed by atoms with Crippen LogP contribution in [0.15, 0.2) is 54.6 Å². The maximum absolute atomic E-state index is 13.9. The molecule has 3 heterocycles. The zero-order valence-electron chi connectivity index (χ0n) is 14.7. The summed E-state index contributed by atoms with van der Waals surface area (Å²) in [5, 5.41) is 4.69. The van der Waals surface area contributed by atoms with Gasteiger partial charge in [0.15, 0.2) is 11.6 Å². The van der Waals surface area contributed by atoms with Crippen molar-refractivity contribution in [3.63, 3.8) is 0 Å². The lowest BCUT2D eigenvalue weighted by molar-refractivity contribution is -0.156. The largest absolute Gasteiger partial charge is 0.343 e. The minimum Gasteiger partial charge on any atom is -0.343 e. The van der Waals surface area contributed by atoms with E-state index in [1.165, 1.54) is 12.1 Å². The summed E-state index contributed by atoms with van der Waals surface area (Å²) in [4.78, 5) is 12.2. The van der Waals surface area contributed by atoms with E-state index in [1.54, 1.807) is 21.4 Å². The van der Waals surface area contributed by atoms with Crippen LogP contribution in [0.2, 0.25) is 0 Å². The van der Waals surface area contributed by atoms with Crippen LogP contribution in [0.3, 0.4) is 0 Å². The Morgan fingerprint density at radius 3 is 2.75 bits per heavy atom. The van der Waals surface area contributed by atoms with Crippen LogP contribution >= 0.6 is 12.2 Å². The number of para-hydroxylation sites is 1. The fraction of sp³-hybridized carbons (Fsp3) is 0.250. The number of aromatic nitrogens is 3. The average Bonchev–Trinajstić information content (AvgIpc) is 3.28. The van der Waals surface area contributed by atoms with Crippen LogP contribution in [0.4, 0.5) is 4.39 Å². The van der Waals surface area contributed by atoms with E-state index in [-0.39, 0.29) is 30.2 Å². The normalized spacial score (nSPS) is 23.9. The second-order valence-electron chi connectivity index (χ2n) is 6.81. The number of hydrogen-bond acceptors (Lipinski definition) is 5. The molecule has 8 heteroatoms. The molecule has 1 aromatic heterocycles. The molecule has 2 bridgehead atoms. The van der Waals surface area contributed by atoms with Crippen molar-refractivity contribution in [2.75, 3.05) is 6.61 Å². The smallest absolute Gasteiger partial charge is 0.218 e. The Morgan fingerprint density at radius 1 is 1.14 bits per heavy atom. The van der Waals surface area contributed by atoms with E-state index < -0.39 is 6.29 Å². The third-order valence-corrected chi connectivity index (χ3v) is 5.40. The number of ketones is 1. The second kappa shape index (κ2) is 6.73. The highest BCUT2D eigenvalue weighted by Crippen LogP contribution is 2.34. The summed E-state index contributed by atoms with van der Waals surface area (Å²) in [5.41, 5.74) is 1.40. The monoisotopic (exact) mass is 397 g/mol. The predicted octanol–water partition coefficient (Wildman–Crippen LogP) is 3.46. The van der Waals surface area contributed by atoms with Crippen molar-refractivity contribution in [1.29, 1.82) is 0 Å². The van der Waals surface area contributed by atoms with Crippen LogP contribution < -0.4 is 0 Å². The van der Waals surface area contributed by atoms with Crippen molar-refractivity contribution >= 4 is 18.0 Å². The summed E-state index contributed by atoms with van der Waals surface area (Å²) in [6.45, 7) is 0.316. The second-order valence-corrected chi connectivity index (χ2v) is 7.17. The Labute approximate surface area is 165 Å². The molecule has 0 radical (unpaired) electrons. The van der Waals surface area contributed by atoms with Crippen molar-refractivity contribution < 1.29 is 18.7 Å². The molecule has 142 valence electrons. The molecule has 3 atom stereocenters. The highest BCUT2D eigenvalue weighted by molar-refractivity contribution is 7.71. The van der Waals surface area contributed by atoms with Crippen LogP contribution in [0.5, 0.6) is 0 Å². The first-order valence-corrected chi connectivity index (χ1v) is 9.35. The van der Waals surface area contributed by atoms with E-state index in [1.807, 2.05) is 30.3 Å². The number of benzene rings is 2. The SMILES string of the molecule is O=C1C[C@H](n2nc(-c3cccc(F)c3)n(-c3ccccc3)c2=S)[C@@H]2CO[C@H]1O2. The molecule has 28 heavy (non-hydrogen) atoms. The first-order chi connectivity index (χ1) is 13.6. The summed E-state index contributed by atoms with van der Waals surface area (Å²) in [7, 11) is 0. The molecule has 5 rings (SSSR count). The summed E-state index contributed by atoms with van der Waals surface area (Å²) < 4.78 is 28.8. The molecule has 2 aromatic carbocycles. The molecule has 0 N–H and O–H groups in total. The topological polar surface area (TPSA) is 58.3 Å². The number of ether oxygens (including phenoxy) is 2. The average molecular weight is 397 g/mol. The summed E-state index contributed by atoms with van der Waals surface area (Å²) in [5.74, 6) is 0.0206. The van der Waals surface area contributed by atoms with Gasteiger partial charge in [0, 0.05) is 17.7 Å². The number of carbonyl (C=O) groups is 1. The molecule has 0 amide bonds. The fourth-order valence-corrected chi connectivity index (χ4v) is 4.06. The van der Waals surface area contributed by atoms with Gasteiger partial charge in [0.2, 0.25) is 11.1 Å². The summed E-state index contributed by atoms with van der Waals surface area (Å²) in [6.07, 6.45) is -0.846. The van der Waals surface area contributed by atoms with Gasteiger partial charge in [-0.3, -0.25) is 9.36 Å². The van der Waals surface area contributed by atoms with Gasteiger partial charge in [0.25, 0.3) is 0 Å². The molecular formula is C20H16FN3O3S. The number of carbonyl (C=O) groups excluding carboxylic acids is 1. The van der Waals surface area contributed by atoms with E-state index in [4.69, 9.17) is 26.8 Å². The molecule has 2 saturated heterocycles. The standard InChI is InChI=1S/C20H16FN3O3S/c21-13-6-4-5-12(9-13)18-22-24(15-10-16(25)19-26-11-17(15)27-19)20(28)23(18)14-7-2-1-3-8-14/h1-9,15,17,19H,10-11H2/t15-,17-,19-/m0/s1. The summed E-state index contributed by atoms with van der Waals surface area (Å²) >= 11 is 5.72. The molecule has 0 unspecified atom stereocenters. The lowest BCUT2D eigenvalue weighted by Crippen LogP contribution is -2.37. The Bertz CT molecular complexity index is 1110. The predicted molar refractivity (Wildman–Crippen MR) is 101 cm³/mol. The minimum atomic E-state index is -0.783. The number of fused-ring (bicyclic) bond motifs is 2. The van der Waals surface area contributed by atoms with Gasteiger partial charge >= 0.3 is 0 Å². The minimum absolute atomic E-state index is 0.123. The Balaban J connectivity index is 1.70. The van der Waals surface area contributed by atoms with Gasteiger partial charge < -0.3 is 9.47 Å². The molecule has 3 aromatic rings. The number of Topliss-reactive ketones (excluding diaryl/α,β-unsaturated/α-hetero) is 1.